The summed E-state index contributed by atoms with van der Waals surface area (Å²) in [5.41, 5.74) is -2.53. The molecule has 1 unspecified atom stereocenters. The van der Waals surface area contributed by atoms with E-state index in [1.165, 1.54) is 6.08 Å². The van der Waals surface area contributed by atoms with Gasteiger partial charge >= 0.3 is 18.1 Å². The molecule has 0 aliphatic rings. The Kier molecular flexibility index (Phi) is 7.73. The fourth-order valence-electron chi connectivity index (χ4n) is 1.92. The van der Waals surface area contributed by atoms with Gasteiger partial charge in [-0.2, -0.15) is 13.2 Å². The van der Waals surface area contributed by atoms with Gasteiger partial charge in [0.1, 0.15) is 5.60 Å². The first-order chi connectivity index (χ1) is 11.1. The Bertz CT molecular complexity index is 490. The Balaban J connectivity index is 5.05. The fraction of sp³-hybridized carbons (Fsp3) is 0.778. The van der Waals surface area contributed by atoms with Crippen molar-refractivity contribution >= 4 is 11.9 Å². The van der Waals surface area contributed by atoms with Gasteiger partial charge in [-0.25, -0.2) is 4.79 Å². The highest BCUT2D eigenvalue weighted by atomic mass is 19.4. The second-order valence-electron chi connectivity index (χ2n) is 7.68. The summed E-state index contributed by atoms with van der Waals surface area (Å²) in [5, 5.41) is 0. The van der Waals surface area contributed by atoms with Crippen molar-refractivity contribution in [3.63, 3.8) is 0 Å². The van der Waals surface area contributed by atoms with Crippen LogP contribution in [0.25, 0.3) is 0 Å². The van der Waals surface area contributed by atoms with Gasteiger partial charge in [-0.05, 0) is 25.7 Å². The number of carbonyl (C=O) groups is 2. The number of esters is 2. The highest BCUT2D eigenvalue weighted by Crippen LogP contribution is 2.39. The molecule has 0 N–H and O–H groups in total. The van der Waals surface area contributed by atoms with Crippen LogP contribution in [-0.4, -0.2) is 30.3 Å². The molecule has 0 rings (SSSR count). The number of hydrogen-bond donors (Lipinski definition) is 0. The second-order valence-corrected chi connectivity index (χ2v) is 7.68. The highest BCUT2D eigenvalue weighted by Gasteiger charge is 2.46. The van der Waals surface area contributed by atoms with E-state index in [4.69, 9.17) is 9.47 Å². The maximum Gasteiger partial charge on any atom is 0.490 e. The van der Waals surface area contributed by atoms with Crippen molar-refractivity contribution in [3.8, 4) is 0 Å². The van der Waals surface area contributed by atoms with E-state index in [0.717, 1.165) is 0 Å². The van der Waals surface area contributed by atoms with Crippen LogP contribution in [0.2, 0.25) is 0 Å². The molecule has 0 saturated heterocycles. The summed E-state index contributed by atoms with van der Waals surface area (Å²) < 4.78 is 47.5. The average molecular weight is 366 g/mol. The maximum atomic E-state index is 12.5. The van der Waals surface area contributed by atoms with Crippen molar-refractivity contribution in [1.29, 1.82) is 0 Å². The molecular formula is C18H29F3O4. The van der Waals surface area contributed by atoms with E-state index < -0.39 is 29.1 Å². The molecule has 0 amide bonds. The molecule has 0 bridgehead atoms. The monoisotopic (exact) mass is 366 g/mol. The van der Waals surface area contributed by atoms with Gasteiger partial charge in [0.05, 0.1) is 12.0 Å². The van der Waals surface area contributed by atoms with Crippen molar-refractivity contribution in [3.05, 3.63) is 12.7 Å². The minimum atomic E-state index is -5.08. The van der Waals surface area contributed by atoms with Gasteiger partial charge < -0.3 is 9.47 Å². The number of carbonyl (C=O) groups excluding carboxylic acids is 2. The van der Waals surface area contributed by atoms with Crippen LogP contribution >= 0.6 is 0 Å². The van der Waals surface area contributed by atoms with Crippen LogP contribution in [0.4, 0.5) is 13.2 Å². The van der Waals surface area contributed by atoms with E-state index in [1.54, 1.807) is 20.8 Å². The molecule has 0 aromatic heterocycles. The van der Waals surface area contributed by atoms with Crippen molar-refractivity contribution in [1.82, 2.24) is 0 Å². The third-order valence-electron chi connectivity index (χ3n) is 4.88. The Morgan fingerprint density at radius 3 is 1.92 bits per heavy atom. The lowest BCUT2D eigenvalue weighted by Crippen LogP contribution is -2.42. The minimum absolute atomic E-state index is 0.0333. The third kappa shape index (κ3) is 6.36. The normalized spacial score (nSPS) is 15.2. The molecule has 0 spiro atoms. The summed E-state index contributed by atoms with van der Waals surface area (Å²) in [4.78, 5) is 23.5. The van der Waals surface area contributed by atoms with Gasteiger partial charge in [0.2, 0.25) is 0 Å². The molecule has 4 nitrogen and oxygen atoms in total. The molecule has 1 atom stereocenters. The van der Waals surface area contributed by atoms with Crippen molar-refractivity contribution in [2.24, 2.45) is 10.8 Å². The summed E-state index contributed by atoms with van der Waals surface area (Å²) >= 11 is 0. The quantitative estimate of drug-likeness (QED) is 0.456. The lowest BCUT2D eigenvalue weighted by atomic mass is 9.69. The summed E-state index contributed by atoms with van der Waals surface area (Å²) in [6.45, 7) is 14.1. The standard InChI is InChI=1S/C18H29F3O4/c1-8-10-17(9-2,25-14(23)18(19,20)21)11-12-24-13(22)16(6,7)15(3,4)5/h8H,1,9-12H2,2-7H3. The molecule has 0 fully saturated rings. The molecule has 0 saturated carbocycles. The average Bonchev–Trinajstić information content (AvgIpc) is 2.44. The molecule has 25 heavy (non-hydrogen) atoms. The molecule has 0 aliphatic heterocycles. The maximum absolute atomic E-state index is 12.5. The third-order valence-corrected chi connectivity index (χ3v) is 4.88. The summed E-state index contributed by atoms with van der Waals surface area (Å²) in [7, 11) is 0. The van der Waals surface area contributed by atoms with Crippen LogP contribution < -0.4 is 0 Å². The van der Waals surface area contributed by atoms with Crippen LogP contribution in [0.5, 0.6) is 0 Å². The van der Waals surface area contributed by atoms with Gasteiger partial charge in [-0.3, -0.25) is 4.79 Å². The molecule has 0 aromatic rings. The molecule has 146 valence electrons. The van der Waals surface area contributed by atoms with Gasteiger partial charge in [0.15, 0.2) is 0 Å². The lowest BCUT2D eigenvalue weighted by Gasteiger charge is -2.37. The smallest absolute Gasteiger partial charge is 0.465 e. The van der Waals surface area contributed by atoms with Crippen LogP contribution in [-0.2, 0) is 19.1 Å². The number of halogens is 3. The van der Waals surface area contributed by atoms with Crippen LogP contribution in [0.3, 0.4) is 0 Å². The van der Waals surface area contributed by atoms with E-state index >= 15 is 0 Å². The molecular weight excluding hydrogens is 337 g/mol. The van der Waals surface area contributed by atoms with E-state index in [2.05, 4.69) is 6.58 Å². The lowest BCUT2D eigenvalue weighted by molar-refractivity contribution is -0.216. The van der Waals surface area contributed by atoms with Crippen molar-refractivity contribution < 1.29 is 32.2 Å². The van der Waals surface area contributed by atoms with E-state index in [1.807, 2.05) is 20.8 Å². The predicted octanol–water partition coefficient (Wildman–Crippen LogP) is 4.82. The first kappa shape index (κ1) is 23.5. The van der Waals surface area contributed by atoms with Gasteiger partial charge in [-0.1, -0.05) is 33.8 Å². The molecule has 7 heteroatoms. The topological polar surface area (TPSA) is 52.6 Å². The first-order valence-electron chi connectivity index (χ1n) is 8.21. The minimum Gasteiger partial charge on any atom is -0.465 e. The summed E-state index contributed by atoms with van der Waals surface area (Å²) in [5.74, 6) is -2.71. The molecule has 0 heterocycles. The zero-order valence-corrected chi connectivity index (χ0v) is 15.9. The SMILES string of the molecule is C=CCC(CC)(CCOC(=O)C(C)(C)C(C)(C)C)OC(=O)C(F)(F)F. The van der Waals surface area contributed by atoms with Crippen LogP contribution in [0.1, 0.15) is 60.8 Å². The summed E-state index contributed by atoms with van der Waals surface area (Å²) in [6, 6.07) is 0. The molecule has 0 aromatic carbocycles. The largest absolute Gasteiger partial charge is 0.490 e. The number of rotatable bonds is 8. The van der Waals surface area contributed by atoms with Crippen molar-refractivity contribution in [2.45, 2.75) is 72.6 Å². The van der Waals surface area contributed by atoms with Gasteiger partial charge in [0.25, 0.3) is 0 Å². The second kappa shape index (κ2) is 8.23. The zero-order chi connectivity index (χ0) is 20.1. The van der Waals surface area contributed by atoms with Crippen LogP contribution in [0, 0.1) is 10.8 Å². The molecule has 0 radical (unpaired) electrons. The highest BCUT2D eigenvalue weighted by molar-refractivity contribution is 5.77. The fourth-order valence-corrected chi connectivity index (χ4v) is 1.92. The number of alkyl halides is 3. The van der Waals surface area contributed by atoms with Crippen LogP contribution in [0.15, 0.2) is 12.7 Å². The first-order valence-corrected chi connectivity index (χ1v) is 8.21. The van der Waals surface area contributed by atoms with E-state index in [0.29, 0.717) is 0 Å². The van der Waals surface area contributed by atoms with Gasteiger partial charge in [-0.15, -0.1) is 6.58 Å². The zero-order valence-electron chi connectivity index (χ0n) is 15.9. The Labute approximate surface area is 147 Å². The Hall–Kier alpha value is -1.53. The van der Waals surface area contributed by atoms with E-state index in [9.17, 15) is 22.8 Å². The molecule has 0 aliphatic carbocycles. The van der Waals surface area contributed by atoms with Crippen molar-refractivity contribution in [2.75, 3.05) is 6.61 Å². The van der Waals surface area contributed by atoms with E-state index in [-0.39, 0.29) is 31.3 Å². The predicted molar refractivity (Wildman–Crippen MR) is 88.8 cm³/mol. The summed E-state index contributed by atoms with van der Waals surface area (Å²) in [6.07, 6.45) is -3.56. The van der Waals surface area contributed by atoms with Gasteiger partial charge in [0, 0.05) is 12.8 Å². The Morgan fingerprint density at radius 1 is 1.04 bits per heavy atom. The Morgan fingerprint density at radius 2 is 1.56 bits per heavy atom. The number of hydrogen-bond acceptors (Lipinski definition) is 4. The number of ether oxygens (including phenoxy) is 2.